The number of aliphatic hydroxyl groups is 1. The Hall–Kier alpha value is -1.28. The topological polar surface area (TPSA) is 85.3 Å². The first-order valence-electron chi connectivity index (χ1n) is 24.2. The molecule has 0 amide bonds. The maximum absolute atomic E-state index is 12.9. The lowest BCUT2D eigenvalue weighted by atomic mass is 9.48. The summed E-state index contributed by atoms with van der Waals surface area (Å²) in [5, 5.41) is 9.72. The summed E-state index contributed by atoms with van der Waals surface area (Å²) in [5.41, 5.74) is 1.64. The molecule has 5 unspecified atom stereocenters. The second kappa shape index (κ2) is 26.0. The minimum Gasteiger partial charge on any atom is -0.462 e. The van der Waals surface area contributed by atoms with Gasteiger partial charge in [0.1, 0.15) is 11.9 Å². The van der Waals surface area contributed by atoms with Gasteiger partial charge in [-0.25, -0.2) is 0 Å². The quantitative estimate of drug-likeness (QED) is 0.0324. The van der Waals surface area contributed by atoms with E-state index in [0.29, 0.717) is 36.5 Å². The zero-order valence-corrected chi connectivity index (χ0v) is 36.9. The van der Waals surface area contributed by atoms with Crippen LogP contribution in [-0.4, -0.2) is 73.6 Å². The number of allylic oxidation sites excluding steroid dienone is 1. The van der Waals surface area contributed by atoms with Crippen molar-refractivity contribution in [2.45, 2.75) is 220 Å². The molecule has 4 rings (SSSR count). The lowest BCUT2D eigenvalue weighted by Gasteiger charge is -2.56. The lowest BCUT2D eigenvalue weighted by molar-refractivity contribution is -0.151. The highest BCUT2D eigenvalue weighted by atomic mass is 16.7. The van der Waals surface area contributed by atoms with E-state index in [2.05, 4.69) is 38.7 Å². The SMILES string of the molecule is CCCCCCCCOC(CCCCCN(CCO)CCCCCC(=O)OC1CCC2(C)C(=CCC3C2CC[C@]2(C)C(=O)CCC32)C1)OCCCCCCCC. The van der Waals surface area contributed by atoms with Crippen LogP contribution in [0.2, 0.25) is 0 Å². The van der Waals surface area contributed by atoms with Gasteiger partial charge in [-0.3, -0.25) is 9.59 Å². The summed E-state index contributed by atoms with van der Waals surface area (Å²) >= 11 is 0. The summed E-state index contributed by atoms with van der Waals surface area (Å²) in [6.45, 7) is 13.7. The van der Waals surface area contributed by atoms with Crippen LogP contribution in [-0.2, 0) is 23.8 Å². The zero-order chi connectivity index (χ0) is 40.1. The number of hydrogen-bond acceptors (Lipinski definition) is 7. The number of Topliss-reactive ketones (excluding diaryl/α,β-unsaturated/α-hetero) is 1. The Morgan fingerprint density at radius 2 is 1.34 bits per heavy atom. The summed E-state index contributed by atoms with van der Waals surface area (Å²) in [4.78, 5) is 28.1. The van der Waals surface area contributed by atoms with Crippen molar-refractivity contribution in [3.05, 3.63) is 11.6 Å². The smallest absolute Gasteiger partial charge is 0.306 e. The molecule has 7 nitrogen and oxygen atoms in total. The molecule has 7 heteroatoms. The molecule has 324 valence electrons. The first-order valence-corrected chi connectivity index (χ1v) is 24.2. The molecule has 1 N–H and O–H groups in total. The highest BCUT2D eigenvalue weighted by Crippen LogP contribution is 2.64. The van der Waals surface area contributed by atoms with Crippen LogP contribution in [0.5, 0.6) is 0 Å². The average molecular weight is 786 g/mol. The molecule has 0 aromatic rings. The Labute approximate surface area is 344 Å². The number of carbonyl (C=O) groups excluding carboxylic acids is 2. The van der Waals surface area contributed by atoms with E-state index >= 15 is 0 Å². The summed E-state index contributed by atoms with van der Waals surface area (Å²) in [5.74, 6) is 2.33. The molecule has 0 aliphatic heterocycles. The van der Waals surface area contributed by atoms with Crippen LogP contribution in [0.1, 0.15) is 207 Å². The number of ketones is 1. The van der Waals surface area contributed by atoms with Crippen molar-refractivity contribution in [3.63, 3.8) is 0 Å². The van der Waals surface area contributed by atoms with Crippen LogP contribution in [0.4, 0.5) is 0 Å². The van der Waals surface area contributed by atoms with Crippen molar-refractivity contribution in [2.24, 2.45) is 28.6 Å². The van der Waals surface area contributed by atoms with Crippen molar-refractivity contribution in [2.75, 3.05) is 39.5 Å². The molecule has 4 aliphatic carbocycles. The summed E-state index contributed by atoms with van der Waals surface area (Å²) in [6.07, 6.45) is 33.6. The third-order valence-electron chi connectivity index (χ3n) is 14.9. The fourth-order valence-electron chi connectivity index (χ4n) is 11.2. The molecular weight excluding hydrogens is 699 g/mol. The molecular formula is C49H87NO6. The predicted molar refractivity (Wildman–Crippen MR) is 229 cm³/mol. The Balaban J connectivity index is 1.07. The van der Waals surface area contributed by atoms with Crippen molar-refractivity contribution in [1.29, 1.82) is 0 Å². The van der Waals surface area contributed by atoms with Crippen LogP contribution in [0, 0.1) is 28.6 Å². The number of rotatable bonds is 31. The third-order valence-corrected chi connectivity index (χ3v) is 14.9. The molecule has 0 aromatic heterocycles. The van der Waals surface area contributed by atoms with Gasteiger partial charge in [0.2, 0.25) is 0 Å². The van der Waals surface area contributed by atoms with Gasteiger partial charge in [0.25, 0.3) is 0 Å². The highest BCUT2D eigenvalue weighted by molar-refractivity contribution is 5.87. The van der Waals surface area contributed by atoms with E-state index in [4.69, 9.17) is 14.2 Å². The van der Waals surface area contributed by atoms with Gasteiger partial charge in [0.15, 0.2) is 6.29 Å². The number of nitrogens with zero attached hydrogens (tertiary/aromatic N) is 1. The van der Waals surface area contributed by atoms with Crippen molar-refractivity contribution < 1.29 is 28.9 Å². The summed E-state index contributed by atoms with van der Waals surface area (Å²) < 4.78 is 18.6. The van der Waals surface area contributed by atoms with Gasteiger partial charge in [0.05, 0.1) is 6.61 Å². The lowest BCUT2D eigenvalue weighted by Crippen LogP contribution is -2.50. The van der Waals surface area contributed by atoms with Crippen LogP contribution < -0.4 is 0 Å². The molecule has 4 aliphatic rings. The normalized spacial score (nSPS) is 27.3. The fraction of sp³-hybridized carbons (Fsp3) is 0.918. The maximum atomic E-state index is 12.9. The fourth-order valence-corrected chi connectivity index (χ4v) is 11.2. The van der Waals surface area contributed by atoms with Gasteiger partial charge >= 0.3 is 5.97 Å². The molecule has 0 heterocycles. The first kappa shape index (κ1) is 47.4. The number of esters is 1. The standard InChI is InChI=1S/C49H87NO6/c1-5-7-9-11-13-21-37-54-47(55-38-22-14-12-10-8-6-2)24-18-16-20-34-50(35-36-51)33-19-15-17-23-46(53)56-41-29-31-48(3)40(39-41)25-26-42-43-27-28-45(52)49(43,4)32-30-44(42)48/h25,41-44,47,51H,5-24,26-39H2,1-4H3/t41?,42?,43?,44?,48?,49-/m0/s1. The highest BCUT2D eigenvalue weighted by Gasteiger charge is 2.58. The molecule has 0 saturated heterocycles. The molecule has 6 atom stereocenters. The first-order chi connectivity index (χ1) is 27.2. The van der Waals surface area contributed by atoms with Gasteiger partial charge in [-0.2, -0.15) is 0 Å². The number of ether oxygens (including phenoxy) is 3. The number of aliphatic hydroxyl groups excluding tert-OH is 1. The van der Waals surface area contributed by atoms with Crippen molar-refractivity contribution in [3.8, 4) is 0 Å². The number of hydrogen-bond donors (Lipinski definition) is 1. The summed E-state index contributed by atoms with van der Waals surface area (Å²) in [7, 11) is 0. The average Bonchev–Trinajstić information content (AvgIpc) is 3.50. The second-order valence-electron chi connectivity index (χ2n) is 19.0. The van der Waals surface area contributed by atoms with Gasteiger partial charge in [-0.05, 0) is 120 Å². The third kappa shape index (κ3) is 14.8. The zero-order valence-electron chi connectivity index (χ0n) is 36.9. The molecule has 0 aromatic carbocycles. The van der Waals surface area contributed by atoms with Crippen LogP contribution in [0.3, 0.4) is 0 Å². The molecule has 0 bridgehead atoms. The van der Waals surface area contributed by atoms with Gasteiger partial charge in [-0.1, -0.05) is 116 Å². The molecule has 3 fully saturated rings. The van der Waals surface area contributed by atoms with E-state index in [1.54, 1.807) is 0 Å². The number of fused-ring (bicyclic) bond motifs is 5. The van der Waals surface area contributed by atoms with Crippen molar-refractivity contribution >= 4 is 11.8 Å². The second-order valence-corrected chi connectivity index (χ2v) is 19.0. The molecule has 56 heavy (non-hydrogen) atoms. The van der Waals surface area contributed by atoms with Crippen molar-refractivity contribution in [1.82, 2.24) is 4.90 Å². The van der Waals surface area contributed by atoms with Gasteiger partial charge < -0.3 is 24.2 Å². The van der Waals surface area contributed by atoms with Gasteiger partial charge in [0, 0.05) is 44.4 Å². The predicted octanol–water partition coefficient (Wildman–Crippen LogP) is 11.9. The van der Waals surface area contributed by atoms with Crippen LogP contribution in [0.15, 0.2) is 11.6 Å². The Kier molecular flexibility index (Phi) is 22.0. The van der Waals surface area contributed by atoms with Crippen LogP contribution >= 0.6 is 0 Å². The van der Waals surface area contributed by atoms with E-state index < -0.39 is 0 Å². The molecule has 0 spiro atoms. The monoisotopic (exact) mass is 786 g/mol. The largest absolute Gasteiger partial charge is 0.462 e. The van der Waals surface area contributed by atoms with E-state index in [9.17, 15) is 14.7 Å². The minimum absolute atomic E-state index is 0.00869. The Bertz CT molecular complexity index is 1120. The van der Waals surface area contributed by atoms with E-state index in [0.717, 1.165) is 129 Å². The van der Waals surface area contributed by atoms with E-state index in [1.165, 1.54) is 76.2 Å². The van der Waals surface area contributed by atoms with Gasteiger partial charge in [-0.15, -0.1) is 0 Å². The van der Waals surface area contributed by atoms with E-state index in [-0.39, 0.29) is 35.8 Å². The molecule has 0 radical (unpaired) electrons. The Morgan fingerprint density at radius 3 is 2.00 bits per heavy atom. The number of carbonyl (C=O) groups is 2. The summed E-state index contributed by atoms with van der Waals surface area (Å²) in [6, 6.07) is 0. The van der Waals surface area contributed by atoms with Crippen LogP contribution in [0.25, 0.3) is 0 Å². The van der Waals surface area contributed by atoms with E-state index in [1.807, 2.05) is 0 Å². The molecule has 3 saturated carbocycles. The minimum atomic E-state index is -0.0817. The Morgan fingerprint density at radius 1 is 0.750 bits per heavy atom. The maximum Gasteiger partial charge on any atom is 0.306 e. The number of unbranched alkanes of at least 4 members (excludes halogenated alkanes) is 14.